The fourth-order valence-corrected chi connectivity index (χ4v) is 3.24. The average Bonchev–Trinajstić information content (AvgIpc) is 2.78. The molecule has 3 atom stereocenters. The molecule has 2 fully saturated rings. The van der Waals surface area contributed by atoms with Crippen LogP contribution in [0.15, 0.2) is 0 Å². The van der Waals surface area contributed by atoms with Crippen molar-refractivity contribution in [1.29, 1.82) is 0 Å². The normalized spacial score (nSPS) is 33.4. The van der Waals surface area contributed by atoms with E-state index in [-0.39, 0.29) is 12.1 Å². The summed E-state index contributed by atoms with van der Waals surface area (Å²) in [6.07, 6.45) is 4.17. The third-order valence-electron chi connectivity index (χ3n) is 4.10. The predicted octanol–water partition coefficient (Wildman–Crippen LogP) is 0.600. The van der Waals surface area contributed by atoms with E-state index in [0.717, 1.165) is 26.2 Å². The number of hydrogen-bond acceptors (Lipinski definition) is 4. The van der Waals surface area contributed by atoms with Gasteiger partial charge >= 0.3 is 0 Å². The van der Waals surface area contributed by atoms with Gasteiger partial charge in [0.1, 0.15) is 0 Å². The van der Waals surface area contributed by atoms with Crippen molar-refractivity contribution in [2.24, 2.45) is 0 Å². The molecule has 0 bridgehead atoms. The molecule has 2 N–H and O–H groups in total. The number of hydrogen-bond donors (Lipinski definition) is 2. The zero-order valence-corrected chi connectivity index (χ0v) is 11.1. The van der Waals surface area contributed by atoms with E-state index in [1.54, 1.807) is 0 Å². The number of rotatable bonds is 5. The van der Waals surface area contributed by atoms with Gasteiger partial charge in [-0.3, -0.25) is 4.90 Å². The van der Waals surface area contributed by atoms with Crippen LogP contribution in [0.5, 0.6) is 0 Å². The first-order chi connectivity index (χ1) is 8.18. The van der Waals surface area contributed by atoms with Crippen molar-refractivity contribution in [2.45, 2.75) is 50.8 Å². The minimum atomic E-state index is -0.181. The van der Waals surface area contributed by atoms with Crippen molar-refractivity contribution in [3.8, 4) is 0 Å². The lowest BCUT2D eigenvalue weighted by atomic mass is 10.00. The van der Waals surface area contributed by atoms with E-state index in [2.05, 4.69) is 24.1 Å². The summed E-state index contributed by atoms with van der Waals surface area (Å²) in [4.78, 5) is 2.51. The third kappa shape index (κ3) is 2.99. The lowest BCUT2D eigenvalue weighted by Crippen LogP contribution is -2.59. The Morgan fingerprint density at radius 2 is 2.29 bits per heavy atom. The number of aliphatic hydroxyl groups excluding tert-OH is 1. The Hall–Kier alpha value is -0.160. The maximum absolute atomic E-state index is 9.57. The predicted molar refractivity (Wildman–Crippen MR) is 68.1 cm³/mol. The SMILES string of the molecule is CCNC(C)(CO)CN1CCOC2CCCC21. The molecule has 100 valence electrons. The molecule has 0 amide bonds. The highest BCUT2D eigenvalue weighted by Gasteiger charge is 2.38. The fraction of sp³-hybridized carbons (Fsp3) is 1.00. The van der Waals surface area contributed by atoms with Gasteiger partial charge in [-0.25, -0.2) is 0 Å². The van der Waals surface area contributed by atoms with Crippen LogP contribution in [0.25, 0.3) is 0 Å². The standard InChI is InChI=1S/C13H26N2O2/c1-3-14-13(2,10-16)9-15-7-8-17-12-6-4-5-11(12)15/h11-12,14,16H,3-10H2,1-2H3. The molecule has 1 aliphatic carbocycles. The van der Waals surface area contributed by atoms with Gasteiger partial charge in [-0.05, 0) is 32.7 Å². The summed E-state index contributed by atoms with van der Waals surface area (Å²) in [5, 5.41) is 13.0. The van der Waals surface area contributed by atoms with Crippen molar-refractivity contribution in [3.63, 3.8) is 0 Å². The molecular formula is C13H26N2O2. The second-order valence-electron chi connectivity index (χ2n) is 5.63. The second kappa shape index (κ2) is 5.65. The summed E-state index contributed by atoms with van der Waals surface area (Å²) in [5.74, 6) is 0. The topological polar surface area (TPSA) is 44.7 Å². The van der Waals surface area contributed by atoms with Gasteiger partial charge in [0.2, 0.25) is 0 Å². The van der Waals surface area contributed by atoms with Crippen LogP contribution in [0, 0.1) is 0 Å². The minimum absolute atomic E-state index is 0.181. The van der Waals surface area contributed by atoms with Crippen molar-refractivity contribution in [3.05, 3.63) is 0 Å². The van der Waals surface area contributed by atoms with Gasteiger partial charge < -0.3 is 15.2 Å². The van der Waals surface area contributed by atoms with Crippen molar-refractivity contribution in [1.82, 2.24) is 10.2 Å². The number of nitrogens with one attached hydrogen (secondary N) is 1. The molecule has 0 spiro atoms. The van der Waals surface area contributed by atoms with E-state index < -0.39 is 0 Å². The van der Waals surface area contributed by atoms with Gasteiger partial charge in [-0.2, -0.15) is 0 Å². The van der Waals surface area contributed by atoms with Crippen molar-refractivity contribution >= 4 is 0 Å². The van der Waals surface area contributed by atoms with E-state index in [4.69, 9.17) is 4.74 Å². The lowest BCUT2D eigenvalue weighted by molar-refractivity contribution is -0.0659. The molecule has 2 aliphatic rings. The third-order valence-corrected chi connectivity index (χ3v) is 4.10. The number of fused-ring (bicyclic) bond motifs is 1. The zero-order valence-electron chi connectivity index (χ0n) is 11.1. The Kier molecular flexibility index (Phi) is 4.42. The first-order valence-electron chi connectivity index (χ1n) is 6.90. The number of aliphatic hydroxyl groups is 1. The van der Waals surface area contributed by atoms with E-state index in [1.807, 2.05) is 0 Å². The largest absolute Gasteiger partial charge is 0.394 e. The monoisotopic (exact) mass is 242 g/mol. The fourth-order valence-electron chi connectivity index (χ4n) is 3.24. The van der Waals surface area contributed by atoms with Gasteiger partial charge in [0, 0.05) is 19.1 Å². The highest BCUT2D eigenvalue weighted by Crippen LogP contribution is 2.30. The van der Waals surface area contributed by atoms with Crippen LogP contribution in [0.4, 0.5) is 0 Å². The van der Waals surface area contributed by atoms with E-state index >= 15 is 0 Å². The molecule has 1 aliphatic heterocycles. The van der Waals surface area contributed by atoms with Gasteiger partial charge in [0.25, 0.3) is 0 Å². The Bertz CT molecular complexity index is 250. The van der Waals surface area contributed by atoms with Gasteiger partial charge in [0.15, 0.2) is 0 Å². The Balaban J connectivity index is 1.96. The minimum Gasteiger partial charge on any atom is -0.394 e. The van der Waals surface area contributed by atoms with E-state index in [1.165, 1.54) is 19.3 Å². The first-order valence-corrected chi connectivity index (χ1v) is 6.90. The van der Waals surface area contributed by atoms with Crippen LogP contribution in [0.2, 0.25) is 0 Å². The number of morpholine rings is 1. The highest BCUT2D eigenvalue weighted by molar-refractivity contribution is 4.94. The van der Waals surface area contributed by atoms with Gasteiger partial charge in [-0.1, -0.05) is 6.92 Å². The van der Waals surface area contributed by atoms with Crippen LogP contribution < -0.4 is 5.32 Å². The second-order valence-corrected chi connectivity index (χ2v) is 5.63. The summed E-state index contributed by atoms with van der Waals surface area (Å²) in [7, 11) is 0. The molecule has 2 rings (SSSR count). The number of likely N-dealkylation sites (N-methyl/N-ethyl adjacent to an activating group) is 1. The van der Waals surface area contributed by atoms with Crippen LogP contribution in [-0.2, 0) is 4.74 Å². The van der Waals surface area contributed by atoms with Gasteiger partial charge in [-0.15, -0.1) is 0 Å². The van der Waals surface area contributed by atoms with Crippen molar-refractivity contribution in [2.75, 3.05) is 32.8 Å². The highest BCUT2D eigenvalue weighted by atomic mass is 16.5. The maximum atomic E-state index is 9.57. The molecule has 3 unspecified atom stereocenters. The Labute approximate surface area is 104 Å². The summed E-state index contributed by atoms with van der Waals surface area (Å²) < 4.78 is 5.82. The first kappa shape index (κ1) is 13.3. The number of nitrogens with zero attached hydrogens (tertiary/aromatic N) is 1. The molecule has 17 heavy (non-hydrogen) atoms. The maximum Gasteiger partial charge on any atom is 0.0730 e. The number of ether oxygens (including phenoxy) is 1. The molecule has 1 heterocycles. The molecule has 1 saturated carbocycles. The van der Waals surface area contributed by atoms with Crippen LogP contribution in [0.1, 0.15) is 33.1 Å². The molecule has 4 heteroatoms. The summed E-state index contributed by atoms with van der Waals surface area (Å²) in [6, 6.07) is 0.577. The average molecular weight is 242 g/mol. The van der Waals surface area contributed by atoms with E-state index in [0.29, 0.717) is 12.1 Å². The smallest absolute Gasteiger partial charge is 0.0730 e. The molecule has 0 aromatic rings. The summed E-state index contributed by atoms with van der Waals surface area (Å²) in [6.45, 7) is 8.05. The van der Waals surface area contributed by atoms with E-state index in [9.17, 15) is 5.11 Å². The molecule has 0 radical (unpaired) electrons. The van der Waals surface area contributed by atoms with Gasteiger partial charge in [0.05, 0.1) is 24.9 Å². The zero-order chi connectivity index (χ0) is 12.3. The Morgan fingerprint density at radius 1 is 1.47 bits per heavy atom. The molecule has 0 aromatic heterocycles. The van der Waals surface area contributed by atoms with Crippen LogP contribution in [-0.4, -0.2) is 60.5 Å². The molecular weight excluding hydrogens is 216 g/mol. The molecule has 4 nitrogen and oxygen atoms in total. The lowest BCUT2D eigenvalue weighted by Gasteiger charge is -2.42. The van der Waals surface area contributed by atoms with Crippen molar-refractivity contribution < 1.29 is 9.84 Å². The van der Waals surface area contributed by atoms with Crippen LogP contribution >= 0.6 is 0 Å². The quantitative estimate of drug-likeness (QED) is 0.741. The Morgan fingerprint density at radius 3 is 3.00 bits per heavy atom. The van der Waals surface area contributed by atoms with Crippen LogP contribution in [0.3, 0.4) is 0 Å². The summed E-state index contributed by atoms with van der Waals surface area (Å²) in [5.41, 5.74) is -0.181. The molecule has 1 saturated heterocycles. The summed E-state index contributed by atoms with van der Waals surface area (Å²) >= 11 is 0. The molecule has 0 aromatic carbocycles.